The number of hydrogen-bond donors (Lipinski definition) is 1. The van der Waals surface area contributed by atoms with Crippen LogP contribution in [0.2, 0.25) is 0 Å². The van der Waals surface area contributed by atoms with E-state index >= 15 is 0 Å². The highest BCUT2D eigenvalue weighted by Gasteiger charge is 2.28. The SMILES string of the molecule is Cc1sc(N2CCCC2CN(C)C)nc1C(=O)O. The highest BCUT2D eigenvalue weighted by molar-refractivity contribution is 7.15. The van der Waals surface area contributed by atoms with E-state index in [0.717, 1.165) is 35.9 Å². The first-order valence-corrected chi connectivity index (χ1v) is 6.92. The topological polar surface area (TPSA) is 56.7 Å². The van der Waals surface area contributed by atoms with E-state index < -0.39 is 5.97 Å². The van der Waals surface area contributed by atoms with Gasteiger partial charge >= 0.3 is 5.97 Å². The minimum atomic E-state index is -0.932. The fourth-order valence-corrected chi connectivity index (χ4v) is 3.40. The molecule has 2 rings (SSSR count). The molecule has 1 aromatic rings. The van der Waals surface area contributed by atoms with Gasteiger partial charge in [0, 0.05) is 24.0 Å². The Hall–Kier alpha value is -1.14. The number of aromatic nitrogens is 1. The van der Waals surface area contributed by atoms with E-state index in [-0.39, 0.29) is 5.69 Å². The molecule has 0 aliphatic carbocycles. The van der Waals surface area contributed by atoms with E-state index in [1.807, 2.05) is 6.92 Å². The molecule has 0 amide bonds. The van der Waals surface area contributed by atoms with Crippen molar-refractivity contribution in [1.82, 2.24) is 9.88 Å². The van der Waals surface area contributed by atoms with E-state index in [9.17, 15) is 4.79 Å². The summed E-state index contributed by atoms with van der Waals surface area (Å²) in [6, 6.07) is 0.451. The summed E-state index contributed by atoms with van der Waals surface area (Å²) in [6.45, 7) is 3.78. The van der Waals surface area contributed by atoms with Crippen LogP contribution in [0.1, 0.15) is 28.2 Å². The van der Waals surface area contributed by atoms with E-state index in [4.69, 9.17) is 5.11 Å². The zero-order valence-corrected chi connectivity index (χ0v) is 11.8. The van der Waals surface area contributed by atoms with Gasteiger partial charge in [-0.3, -0.25) is 0 Å². The summed E-state index contributed by atoms with van der Waals surface area (Å²) in [4.78, 5) is 20.5. The molecule has 6 heteroatoms. The Morgan fingerprint density at radius 3 is 2.89 bits per heavy atom. The van der Waals surface area contributed by atoms with Crippen molar-refractivity contribution in [2.45, 2.75) is 25.8 Å². The average molecular weight is 269 g/mol. The Bertz CT molecular complexity index is 445. The highest BCUT2D eigenvalue weighted by atomic mass is 32.1. The molecule has 0 saturated carbocycles. The maximum atomic E-state index is 11.0. The summed E-state index contributed by atoms with van der Waals surface area (Å²) in [5.74, 6) is -0.932. The van der Waals surface area contributed by atoms with Gasteiger partial charge in [-0.1, -0.05) is 0 Å². The van der Waals surface area contributed by atoms with Crippen LogP contribution in [0.15, 0.2) is 0 Å². The minimum Gasteiger partial charge on any atom is -0.476 e. The van der Waals surface area contributed by atoms with E-state index in [0.29, 0.717) is 6.04 Å². The largest absolute Gasteiger partial charge is 0.476 e. The third kappa shape index (κ3) is 2.64. The number of nitrogens with zero attached hydrogens (tertiary/aromatic N) is 3. The minimum absolute atomic E-state index is 0.200. The Morgan fingerprint density at radius 1 is 1.61 bits per heavy atom. The van der Waals surface area contributed by atoms with Crippen molar-refractivity contribution in [3.05, 3.63) is 10.6 Å². The summed E-state index contributed by atoms with van der Waals surface area (Å²) in [6.07, 6.45) is 2.30. The van der Waals surface area contributed by atoms with Crippen LogP contribution in [0, 0.1) is 6.92 Å². The number of aryl methyl sites for hydroxylation is 1. The van der Waals surface area contributed by atoms with Crippen molar-refractivity contribution in [1.29, 1.82) is 0 Å². The number of hydrogen-bond acceptors (Lipinski definition) is 5. The lowest BCUT2D eigenvalue weighted by Crippen LogP contribution is -2.37. The number of anilines is 1. The molecule has 18 heavy (non-hydrogen) atoms. The quantitative estimate of drug-likeness (QED) is 0.901. The first kappa shape index (κ1) is 13.3. The van der Waals surface area contributed by atoms with Gasteiger partial charge in [-0.05, 0) is 33.9 Å². The molecule has 1 unspecified atom stereocenters. The Kier molecular flexibility index (Phi) is 3.87. The predicted molar refractivity (Wildman–Crippen MR) is 72.7 cm³/mol. The van der Waals surface area contributed by atoms with Gasteiger partial charge in [-0.25, -0.2) is 9.78 Å². The van der Waals surface area contributed by atoms with Crippen molar-refractivity contribution in [2.75, 3.05) is 32.1 Å². The van der Waals surface area contributed by atoms with E-state index in [2.05, 4.69) is 28.9 Å². The van der Waals surface area contributed by atoms with Gasteiger partial charge in [0.25, 0.3) is 0 Å². The zero-order chi connectivity index (χ0) is 13.3. The molecule has 1 atom stereocenters. The van der Waals surface area contributed by atoms with Gasteiger partial charge in [0.1, 0.15) is 0 Å². The molecule has 5 nitrogen and oxygen atoms in total. The highest BCUT2D eigenvalue weighted by Crippen LogP contribution is 2.31. The van der Waals surface area contributed by atoms with Crippen LogP contribution >= 0.6 is 11.3 Å². The lowest BCUT2D eigenvalue weighted by Gasteiger charge is -2.26. The third-order valence-corrected chi connectivity index (χ3v) is 4.19. The van der Waals surface area contributed by atoms with Crippen LogP contribution in [0.5, 0.6) is 0 Å². The summed E-state index contributed by atoms with van der Waals surface area (Å²) in [5.41, 5.74) is 0.200. The van der Waals surface area contributed by atoms with Crippen LogP contribution in [-0.4, -0.2) is 54.2 Å². The molecule has 0 spiro atoms. The second-order valence-electron chi connectivity index (χ2n) is 4.96. The van der Waals surface area contributed by atoms with E-state index in [1.54, 1.807) is 0 Å². The molecule has 1 saturated heterocycles. The summed E-state index contributed by atoms with van der Waals surface area (Å²) in [7, 11) is 4.12. The number of rotatable bonds is 4. The number of likely N-dealkylation sites (N-methyl/N-ethyl adjacent to an activating group) is 1. The van der Waals surface area contributed by atoms with Crippen molar-refractivity contribution in [3.8, 4) is 0 Å². The third-order valence-electron chi connectivity index (χ3n) is 3.19. The number of aromatic carboxylic acids is 1. The summed E-state index contributed by atoms with van der Waals surface area (Å²) in [5, 5.41) is 9.91. The molecule has 0 aromatic carbocycles. The van der Waals surface area contributed by atoms with Crippen LogP contribution in [0.3, 0.4) is 0 Å². The van der Waals surface area contributed by atoms with Crippen LogP contribution in [-0.2, 0) is 0 Å². The molecule has 1 aliphatic heterocycles. The van der Waals surface area contributed by atoms with Crippen LogP contribution < -0.4 is 4.90 Å². The fraction of sp³-hybridized carbons (Fsp3) is 0.667. The summed E-state index contributed by atoms with van der Waals surface area (Å²) < 4.78 is 0. The van der Waals surface area contributed by atoms with E-state index in [1.165, 1.54) is 11.3 Å². The van der Waals surface area contributed by atoms with Crippen LogP contribution in [0.4, 0.5) is 5.13 Å². The van der Waals surface area contributed by atoms with Gasteiger partial charge in [0.15, 0.2) is 10.8 Å². The van der Waals surface area contributed by atoms with Crippen molar-refractivity contribution in [3.63, 3.8) is 0 Å². The molecular weight excluding hydrogens is 250 g/mol. The Balaban J connectivity index is 2.20. The smallest absolute Gasteiger partial charge is 0.355 e. The van der Waals surface area contributed by atoms with Gasteiger partial charge < -0.3 is 14.9 Å². The van der Waals surface area contributed by atoms with Crippen molar-refractivity contribution < 1.29 is 9.90 Å². The molecule has 1 fully saturated rings. The molecule has 100 valence electrons. The fourth-order valence-electron chi connectivity index (χ4n) is 2.40. The molecule has 0 radical (unpaired) electrons. The molecule has 1 aliphatic rings. The average Bonchev–Trinajstić information content (AvgIpc) is 2.83. The standard InChI is InChI=1S/C12H19N3O2S/c1-8-10(11(16)17)13-12(18-8)15-6-4-5-9(15)7-14(2)3/h9H,4-7H2,1-3H3,(H,16,17). The van der Waals surface area contributed by atoms with Gasteiger partial charge in [0.05, 0.1) is 0 Å². The van der Waals surface area contributed by atoms with Crippen LogP contribution in [0.25, 0.3) is 0 Å². The monoisotopic (exact) mass is 269 g/mol. The molecule has 1 aromatic heterocycles. The number of thiazole rings is 1. The lowest BCUT2D eigenvalue weighted by atomic mass is 10.2. The summed E-state index contributed by atoms with van der Waals surface area (Å²) >= 11 is 1.49. The van der Waals surface area contributed by atoms with Gasteiger partial charge in [-0.15, -0.1) is 11.3 Å². The van der Waals surface area contributed by atoms with Gasteiger partial charge in [0.2, 0.25) is 0 Å². The molecule has 1 N–H and O–H groups in total. The Labute approximate surface area is 111 Å². The second kappa shape index (κ2) is 5.24. The maximum Gasteiger partial charge on any atom is 0.355 e. The normalized spacial score (nSPS) is 19.8. The predicted octanol–water partition coefficient (Wildman–Crippen LogP) is 1.68. The second-order valence-corrected chi connectivity index (χ2v) is 6.14. The van der Waals surface area contributed by atoms with Gasteiger partial charge in [-0.2, -0.15) is 0 Å². The first-order chi connectivity index (χ1) is 8.49. The lowest BCUT2D eigenvalue weighted by molar-refractivity contribution is 0.0690. The first-order valence-electron chi connectivity index (χ1n) is 6.11. The number of carboxylic acids is 1. The van der Waals surface area contributed by atoms with Crippen molar-refractivity contribution in [2.24, 2.45) is 0 Å². The molecule has 2 heterocycles. The maximum absolute atomic E-state index is 11.0. The molecule has 0 bridgehead atoms. The zero-order valence-electron chi connectivity index (χ0n) is 11.0. The van der Waals surface area contributed by atoms with Crippen molar-refractivity contribution >= 4 is 22.4 Å². The number of carboxylic acid groups (broad SMARTS) is 1. The Morgan fingerprint density at radius 2 is 2.33 bits per heavy atom. The molecular formula is C12H19N3O2S. The number of carbonyl (C=O) groups is 1.